The lowest BCUT2D eigenvalue weighted by atomic mass is 10.0. The fraction of sp³-hybridized carbons (Fsp3) is 0.133. The average molecular weight is 226 g/mol. The maximum Gasteiger partial charge on any atom is 0.150 e. The highest BCUT2D eigenvalue weighted by Crippen LogP contribution is 2.15. The SMILES string of the molecule is COc1ccc(Cc2cccc(C=O)c2)cc1. The molecule has 0 heterocycles. The first-order chi connectivity index (χ1) is 8.31. The molecule has 0 saturated carbocycles. The van der Waals surface area contributed by atoms with Crippen molar-refractivity contribution in [3.63, 3.8) is 0 Å². The Morgan fingerprint density at radius 3 is 2.47 bits per heavy atom. The molecule has 2 heteroatoms. The van der Waals surface area contributed by atoms with Crippen LogP contribution in [0.1, 0.15) is 21.5 Å². The Balaban J connectivity index is 2.16. The fourth-order valence-corrected chi connectivity index (χ4v) is 1.76. The van der Waals surface area contributed by atoms with Crippen molar-refractivity contribution in [3.05, 3.63) is 65.2 Å². The van der Waals surface area contributed by atoms with Crippen molar-refractivity contribution in [2.24, 2.45) is 0 Å². The van der Waals surface area contributed by atoms with Crippen LogP contribution in [0.4, 0.5) is 0 Å². The molecule has 2 nitrogen and oxygen atoms in total. The monoisotopic (exact) mass is 226 g/mol. The van der Waals surface area contributed by atoms with Gasteiger partial charge in [-0.25, -0.2) is 0 Å². The van der Waals surface area contributed by atoms with E-state index >= 15 is 0 Å². The van der Waals surface area contributed by atoms with Crippen LogP contribution in [-0.2, 0) is 6.42 Å². The Morgan fingerprint density at radius 1 is 1.06 bits per heavy atom. The van der Waals surface area contributed by atoms with E-state index in [0.29, 0.717) is 0 Å². The summed E-state index contributed by atoms with van der Waals surface area (Å²) >= 11 is 0. The molecule has 0 unspecified atom stereocenters. The molecule has 2 rings (SSSR count). The molecule has 0 amide bonds. The zero-order chi connectivity index (χ0) is 12.1. The Hall–Kier alpha value is -2.09. The van der Waals surface area contributed by atoms with Gasteiger partial charge in [-0.05, 0) is 35.7 Å². The quantitative estimate of drug-likeness (QED) is 0.749. The van der Waals surface area contributed by atoms with Gasteiger partial charge in [0.05, 0.1) is 7.11 Å². The number of aldehydes is 1. The minimum absolute atomic E-state index is 0.719. The minimum Gasteiger partial charge on any atom is -0.497 e. The Kier molecular flexibility index (Phi) is 3.55. The summed E-state index contributed by atoms with van der Waals surface area (Å²) in [7, 11) is 1.66. The Morgan fingerprint density at radius 2 is 1.82 bits per heavy atom. The fourth-order valence-electron chi connectivity index (χ4n) is 1.76. The van der Waals surface area contributed by atoms with Gasteiger partial charge in [-0.2, -0.15) is 0 Å². The van der Waals surface area contributed by atoms with E-state index in [4.69, 9.17) is 4.74 Å². The van der Waals surface area contributed by atoms with Gasteiger partial charge >= 0.3 is 0 Å². The second-order valence-electron chi connectivity index (χ2n) is 3.89. The lowest BCUT2D eigenvalue weighted by molar-refractivity contribution is 0.112. The standard InChI is InChI=1S/C15H14O2/c1-17-15-7-5-12(6-8-15)9-13-3-2-4-14(10-13)11-16/h2-8,10-11H,9H2,1H3. The number of methoxy groups -OCH3 is 1. The molecular formula is C15H14O2. The normalized spacial score (nSPS) is 9.94. The first-order valence-corrected chi connectivity index (χ1v) is 5.49. The van der Waals surface area contributed by atoms with Crippen molar-refractivity contribution >= 4 is 6.29 Å². The molecule has 0 aliphatic rings. The summed E-state index contributed by atoms with van der Waals surface area (Å²) in [4.78, 5) is 10.7. The summed E-state index contributed by atoms with van der Waals surface area (Å²) in [5, 5.41) is 0. The Bertz CT molecular complexity index is 501. The molecule has 0 fully saturated rings. The van der Waals surface area contributed by atoms with Gasteiger partial charge in [-0.3, -0.25) is 4.79 Å². The molecule has 0 saturated heterocycles. The van der Waals surface area contributed by atoms with Gasteiger partial charge in [-0.15, -0.1) is 0 Å². The van der Waals surface area contributed by atoms with Crippen molar-refractivity contribution < 1.29 is 9.53 Å². The van der Waals surface area contributed by atoms with Crippen LogP contribution in [0.2, 0.25) is 0 Å². The first-order valence-electron chi connectivity index (χ1n) is 5.49. The van der Waals surface area contributed by atoms with Crippen molar-refractivity contribution in [2.75, 3.05) is 7.11 Å². The molecule has 0 bridgehead atoms. The zero-order valence-electron chi connectivity index (χ0n) is 9.72. The number of rotatable bonds is 4. The number of hydrogen-bond acceptors (Lipinski definition) is 2. The van der Waals surface area contributed by atoms with E-state index in [9.17, 15) is 4.79 Å². The molecule has 17 heavy (non-hydrogen) atoms. The van der Waals surface area contributed by atoms with E-state index in [-0.39, 0.29) is 0 Å². The molecule has 2 aromatic rings. The van der Waals surface area contributed by atoms with Crippen LogP contribution in [0.25, 0.3) is 0 Å². The third-order valence-electron chi connectivity index (χ3n) is 2.65. The van der Waals surface area contributed by atoms with Crippen molar-refractivity contribution in [2.45, 2.75) is 6.42 Å². The smallest absolute Gasteiger partial charge is 0.150 e. The van der Waals surface area contributed by atoms with E-state index in [0.717, 1.165) is 29.6 Å². The lowest BCUT2D eigenvalue weighted by Gasteiger charge is -2.04. The van der Waals surface area contributed by atoms with Gasteiger partial charge in [-0.1, -0.05) is 30.3 Å². The zero-order valence-corrected chi connectivity index (χ0v) is 9.72. The van der Waals surface area contributed by atoms with Gasteiger partial charge in [0.25, 0.3) is 0 Å². The average Bonchev–Trinajstić information content (AvgIpc) is 2.40. The second-order valence-corrected chi connectivity index (χ2v) is 3.89. The highest BCUT2D eigenvalue weighted by molar-refractivity contribution is 5.74. The van der Waals surface area contributed by atoms with Crippen LogP contribution < -0.4 is 4.74 Å². The number of hydrogen-bond donors (Lipinski definition) is 0. The molecule has 2 aromatic carbocycles. The summed E-state index contributed by atoms with van der Waals surface area (Å²) in [5.41, 5.74) is 3.06. The maximum atomic E-state index is 10.7. The van der Waals surface area contributed by atoms with Crippen LogP contribution in [0.5, 0.6) is 5.75 Å². The second kappa shape index (κ2) is 5.30. The third kappa shape index (κ3) is 2.94. The van der Waals surface area contributed by atoms with Gasteiger partial charge in [0.1, 0.15) is 12.0 Å². The molecular weight excluding hydrogens is 212 g/mol. The molecule has 86 valence electrons. The summed E-state index contributed by atoms with van der Waals surface area (Å²) in [6, 6.07) is 15.6. The van der Waals surface area contributed by atoms with Crippen LogP contribution in [0, 0.1) is 0 Å². The predicted molar refractivity (Wildman–Crippen MR) is 67.6 cm³/mol. The van der Waals surface area contributed by atoms with Gasteiger partial charge in [0, 0.05) is 5.56 Å². The third-order valence-corrected chi connectivity index (χ3v) is 2.65. The lowest BCUT2D eigenvalue weighted by Crippen LogP contribution is -1.90. The van der Waals surface area contributed by atoms with Crippen LogP contribution in [-0.4, -0.2) is 13.4 Å². The van der Waals surface area contributed by atoms with Gasteiger partial charge in [0.2, 0.25) is 0 Å². The summed E-state index contributed by atoms with van der Waals surface area (Å²) in [5.74, 6) is 0.857. The number of carbonyl (C=O) groups excluding carboxylic acids is 1. The van der Waals surface area contributed by atoms with Crippen LogP contribution in [0.3, 0.4) is 0 Å². The van der Waals surface area contributed by atoms with Gasteiger partial charge in [0.15, 0.2) is 0 Å². The largest absolute Gasteiger partial charge is 0.497 e. The number of ether oxygens (including phenoxy) is 1. The number of carbonyl (C=O) groups is 1. The van der Waals surface area contributed by atoms with Crippen LogP contribution >= 0.6 is 0 Å². The highest BCUT2D eigenvalue weighted by atomic mass is 16.5. The van der Waals surface area contributed by atoms with E-state index in [1.54, 1.807) is 7.11 Å². The molecule has 0 atom stereocenters. The van der Waals surface area contributed by atoms with E-state index in [2.05, 4.69) is 0 Å². The van der Waals surface area contributed by atoms with Gasteiger partial charge < -0.3 is 4.74 Å². The van der Waals surface area contributed by atoms with Crippen molar-refractivity contribution in [3.8, 4) is 5.75 Å². The topological polar surface area (TPSA) is 26.3 Å². The number of benzene rings is 2. The summed E-state index contributed by atoms with van der Waals surface area (Å²) in [6.07, 6.45) is 1.70. The molecule has 0 spiro atoms. The minimum atomic E-state index is 0.719. The van der Waals surface area contributed by atoms with E-state index in [1.807, 2.05) is 48.5 Å². The van der Waals surface area contributed by atoms with Crippen LogP contribution in [0.15, 0.2) is 48.5 Å². The van der Waals surface area contributed by atoms with Crippen molar-refractivity contribution in [1.82, 2.24) is 0 Å². The molecule has 0 aliphatic heterocycles. The molecule has 0 radical (unpaired) electrons. The Labute approximate surface area is 101 Å². The van der Waals surface area contributed by atoms with Crippen molar-refractivity contribution in [1.29, 1.82) is 0 Å². The predicted octanol–water partition coefficient (Wildman–Crippen LogP) is 3.10. The van der Waals surface area contributed by atoms with E-state index < -0.39 is 0 Å². The first kappa shape index (κ1) is 11.4. The molecule has 0 aromatic heterocycles. The molecule has 0 N–H and O–H groups in total. The summed E-state index contributed by atoms with van der Waals surface area (Å²) in [6.45, 7) is 0. The molecule has 0 aliphatic carbocycles. The highest BCUT2D eigenvalue weighted by Gasteiger charge is 1.98. The summed E-state index contributed by atoms with van der Waals surface area (Å²) < 4.78 is 5.11. The van der Waals surface area contributed by atoms with E-state index in [1.165, 1.54) is 5.56 Å². The maximum absolute atomic E-state index is 10.7.